The molecule has 0 saturated heterocycles. The third-order valence-corrected chi connectivity index (χ3v) is 2.54. The minimum atomic E-state index is -0.303. The lowest BCUT2D eigenvalue weighted by molar-refractivity contribution is 0.239. The molecule has 2 rings (SSSR count). The van der Waals surface area contributed by atoms with Crippen LogP contribution >= 0.6 is 0 Å². The van der Waals surface area contributed by atoms with Crippen molar-refractivity contribution in [1.29, 1.82) is 0 Å². The summed E-state index contributed by atoms with van der Waals surface area (Å²) in [7, 11) is 0. The van der Waals surface area contributed by atoms with Gasteiger partial charge in [-0.3, -0.25) is 0 Å². The number of ether oxygens (including phenoxy) is 1. The maximum atomic E-state index is 6.22. The zero-order valence-electron chi connectivity index (χ0n) is 10.6. The number of nitrogens with zero attached hydrogens (tertiary/aromatic N) is 2. The molecule has 0 amide bonds. The molecule has 1 unspecified atom stereocenters. The molecule has 0 aliphatic rings. The number of hydrogen-bond acceptors (Lipinski definition) is 4. The summed E-state index contributed by atoms with van der Waals surface area (Å²) in [6, 6.07) is 9.29. The molecule has 1 heterocycles. The Labute approximate surface area is 107 Å². The summed E-state index contributed by atoms with van der Waals surface area (Å²) in [4.78, 5) is 8.08. The van der Waals surface area contributed by atoms with Crippen LogP contribution in [0.4, 0.5) is 0 Å². The smallest absolute Gasteiger partial charge is 0.124 e. The van der Waals surface area contributed by atoms with E-state index in [-0.39, 0.29) is 12.1 Å². The molecule has 0 fully saturated rings. The Kier molecular flexibility index (Phi) is 3.89. The summed E-state index contributed by atoms with van der Waals surface area (Å²) < 4.78 is 5.76. The average molecular weight is 243 g/mol. The van der Waals surface area contributed by atoms with Crippen molar-refractivity contribution in [2.75, 3.05) is 0 Å². The lowest BCUT2D eigenvalue weighted by Crippen LogP contribution is -2.16. The van der Waals surface area contributed by atoms with E-state index in [1.807, 2.05) is 44.2 Å². The zero-order chi connectivity index (χ0) is 13.0. The molecule has 94 valence electrons. The van der Waals surface area contributed by atoms with Crippen molar-refractivity contribution in [3.63, 3.8) is 0 Å². The third-order valence-electron chi connectivity index (χ3n) is 2.54. The molecule has 0 radical (unpaired) electrons. The Morgan fingerprint density at radius 2 is 1.94 bits per heavy atom. The van der Waals surface area contributed by atoms with Gasteiger partial charge in [-0.1, -0.05) is 18.2 Å². The lowest BCUT2D eigenvalue weighted by Gasteiger charge is -2.18. The molecule has 4 heteroatoms. The summed E-state index contributed by atoms with van der Waals surface area (Å²) in [5.41, 5.74) is 7.94. The maximum absolute atomic E-state index is 6.22. The standard InChI is InChI=1S/C14H17N3O/c1-10(2)18-13-6-4-3-5-11(13)14(15)12-7-8-16-9-17-12/h3-10,14H,15H2,1-2H3. The molecular weight excluding hydrogens is 226 g/mol. The van der Waals surface area contributed by atoms with Crippen LogP contribution in [0.3, 0.4) is 0 Å². The van der Waals surface area contributed by atoms with Gasteiger partial charge in [-0.15, -0.1) is 0 Å². The Morgan fingerprint density at radius 3 is 2.61 bits per heavy atom. The second-order valence-electron chi connectivity index (χ2n) is 4.32. The molecule has 2 aromatic rings. The summed E-state index contributed by atoms with van der Waals surface area (Å²) in [5.74, 6) is 0.804. The van der Waals surface area contributed by atoms with Crippen molar-refractivity contribution in [3.8, 4) is 5.75 Å². The molecule has 1 aromatic carbocycles. The molecule has 2 N–H and O–H groups in total. The predicted molar refractivity (Wildman–Crippen MR) is 70.3 cm³/mol. The van der Waals surface area contributed by atoms with Gasteiger partial charge in [0.05, 0.1) is 17.8 Å². The van der Waals surface area contributed by atoms with Gasteiger partial charge in [0, 0.05) is 11.8 Å². The fourth-order valence-electron chi connectivity index (χ4n) is 1.74. The molecule has 0 saturated carbocycles. The fourth-order valence-corrected chi connectivity index (χ4v) is 1.74. The van der Waals surface area contributed by atoms with E-state index in [4.69, 9.17) is 10.5 Å². The second kappa shape index (κ2) is 5.60. The number of hydrogen-bond donors (Lipinski definition) is 1. The van der Waals surface area contributed by atoms with E-state index in [2.05, 4.69) is 9.97 Å². The average Bonchev–Trinajstić information content (AvgIpc) is 2.39. The van der Waals surface area contributed by atoms with Crippen LogP contribution in [0, 0.1) is 0 Å². The maximum Gasteiger partial charge on any atom is 0.124 e. The van der Waals surface area contributed by atoms with E-state index < -0.39 is 0 Å². The van der Waals surface area contributed by atoms with Gasteiger partial charge >= 0.3 is 0 Å². The van der Waals surface area contributed by atoms with Crippen LogP contribution < -0.4 is 10.5 Å². The van der Waals surface area contributed by atoms with Gasteiger partial charge in [0.15, 0.2) is 0 Å². The van der Waals surface area contributed by atoms with Crippen LogP contribution in [0.15, 0.2) is 42.9 Å². The highest BCUT2D eigenvalue weighted by molar-refractivity contribution is 5.39. The first kappa shape index (κ1) is 12.5. The van der Waals surface area contributed by atoms with Gasteiger partial charge in [0.1, 0.15) is 12.1 Å². The van der Waals surface area contributed by atoms with Crippen LogP contribution in [0.1, 0.15) is 31.1 Å². The Balaban J connectivity index is 2.33. The third kappa shape index (κ3) is 2.84. The van der Waals surface area contributed by atoms with Gasteiger partial charge in [-0.2, -0.15) is 0 Å². The molecule has 0 aliphatic heterocycles. The van der Waals surface area contributed by atoms with Gasteiger partial charge in [-0.25, -0.2) is 9.97 Å². The number of benzene rings is 1. The summed E-state index contributed by atoms with van der Waals surface area (Å²) >= 11 is 0. The monoisotopic (exact) mass is 243 g/mol. The van der Waals surface area contributed by atoms with Crippen molar-refractivity contribution >= 4 is 0 Å². The van der Waals surface area contributed by atoms with Crippen molar-refractivity contribution in [2.24, 2.45) is 5.73 Å². The first-order valence-electron chi connectivity index (χ1n) is 5.95. The van der Waals surface area contributed by atoms with E-state index in [1.54, 1.807) is 6.20 Å². The highest BCUT2D eigenvalue weighted by Crippen LogP contribution is 2.27. The highest BCUT2D eigenvalue weighted by atomic mass is 16.5. The molecule has 0 bridgehead atoms. The minimum Gasteiger partial charge on any atom is -0.491 e. The molecule has 18 heavy (non-hydrogen) atoms. The number of para-hydroxylation sites is 1. The first-order valence-corrected chi connectivity index (χ1v) is 5.95. The van der Waals surface area contributed by atoms with Crippen LogP contribution in [0.25, 0.3) is 0 Å². The first-order chi connectivity index (χ1) is 8.68. The van der Waals surface area contributed by atoms with Crippen molar-refractivity contribution in [3.05, 3.63) is 54.1 Å². The van der Waals surface area contributed by atoms with Crippen LogP contribution in [-0.4, -0.2) is 16.1 Å². The molecule has 1 aromatic heterocycles. The van der Waals surface area contributed by atoms with E-state index in [1.165, 1.54) is 6.33 Å². The van der Waals surface area contributed by atoms with Crippen molar-refractivity contribution < 1.29 is 4.74 Å². The van der Waals surface area contributed by atoms with Gasteiger partial charge < -0.3 is 10.5 Å². The molecular formula is C14H17N3O. The van der Waals surface area contributed by atoms with Crippen LogP contribution in [-0.2, 0) is 0 Å². The second-order valence-corrected chi connectivity index (χ2v) is 4.32. The van der Waals surface area contributed by atoms with E-state index in [9.17, 15) is 0 Å². The normalized spacial score (nSPS) is 12.4. The number of aromatic nitrogens is 2. The van der Waals surface area contributed by atoms with Gasteiger partial charge in [0.2, 0.25) is 0 Å². The zero-order valence-corrected chi connectivity index (χ0v) is 10.6. The fraction of sp³-hybridized carbons (Fsp3) is 0.286. The molecule has 0 aliphatic carbocycles. The number of nitrogens with two attached hydrogens (primary N) is 1. The Hall–Kier alpha value is -1.94. The van der Waals surface area contributed by atoms with E-state index >= 15 is 0 Å². The highest BCUT2D eigenvalue weighted by Gasteiger charge is 2.15. The van der Waals surface area contributed by atoms with Crippen LogP contribution in [0.2, 0.25) is 0 Å². The van der Waals surface area contributed by atoms with Gasteiger partial charge in [0.25, 0.3) is 0 Å². The number of rotatable bonds is 4. The topological polar surface area (TPSA) is 61.0 Å². The SMILES string of the molecule is CC(C)Oc1ccccc1C(N)c1ccncn1. The van der Waals surface area contributed by atoms with E-state index in [0.717, 1.165) is 17.0 Å². The van der Waals surface area contributed by atoms with Crippen LogP contribution in [0.5, 0.6) is 5.75 Å². The van der Waals surface area contributed by atoms with E-state index in [0.29, 0.717) is 0 Å². The lowest BCUT2D eigenvalue weighted by atomic mass is 10.0. The molecule has 0 spiro atoms. The minimum absolute atomic E-state index is 0.115. The van der Waals surface area contributed by atoms with Crippen molar-refractivity contribution in [2.45, 2.75) is 26.0 Å². The molecule has 4 nitrogen and oxygen atoms in total. The largest absolute Gasteiger partial charge is 0.491 e. The summed E-state index contributed by atoms with van der Waals surface area (Å²) in [5, 5.41) is 0. The van der Waals surface area contributed by atoms with Gasteiger partial charge in [-0.05, 0) is 26.0 Å². The Morgan fingerprint density at radius 1 is 1.17 bits per heavy atom. The van der Waals surface area contributed by atoms with Crippen molar-refractivity contribution in [1.82, 2.24) is 9.97 Å². The molecule has 1 atom stereocenters. The Bertz CT molecular complexity index is 499. The summed E-state index contributed by atoms with van der Waals surface area (Å²) in [6.45, 7) is 3.99. The quantitative estimate of drug-likeness (QED) is 0.895. The summed E-state index contributed by atoms with van der Waals surface area (Å²) in [6.07, 6.45) is 3.30. The predicted octanol–water partition coefficient (Wildman–Crippen LogP) is 2.31.